The molecule has 0 heterocycles. The minimum absolute atomic E-state index is 0.271. The van der Waals surface area contributed by atoms with Crippen LogP contribution in [0.2, 0.25) is 0 Å². The second-order valence-corrected chi connectivity index (χ2v) is 3.21. The van der Waals surface area contributed by atoms with Crippen LogP contribution >= 0.6 is 0 Å². The van der Waals surface area contributed by atoms with E-state index in [4.69, 9.17) is 11.5 Å². The Bertz CT molecular complexity index is 273. The maximum Gasteiger partial charge on any atom is 0.0941 e. The second kappa shape index (κ2) is 4.37. The molecule has 3 heteroatoms. The first-order valence-corrected chi connectivity index (χ1v) is 4.38. The van der Waals surface area contributed by atoms with Crippen molar-refractivity contribution in [3.8, 4) is 0 Å². The van der Waals surface area contributed by atoms with Crippen molar-refractivity contribution in [2.75, 3.05) is 0 Å². The summed E-state index contributed by atoms with van der Waals surface area (Å²) in [4.78, 5) is 0. The van der Waals surface area contributed by atoms with Crippen LogP contribution in [0, 0.1) is 0 Å². The lowest BCUT2D eigenvalue weighted by molar-refractivity contribution is 0.152. The summed E-state index contributed by atoms with van der Waals surface area (Å²) >= 11 is 0. The molecular weight excluding hydrogens is 164 g/mol. The largest absolute Gasteiger partial charge is 0.387 e. The molecule has 0 radical (unpaired) electrons. The van der Waals surface area contributed by atoms with Crippen LogP contribution in [0.4, 0.5) is 0 Å². The zero-order chi connectivity index (χ0) is 9.84. The van der Waals surface area contributed by atoms with Crippen LogP contribution in [-0.2, 0) is 6.54 Å². The lowest BCUT2D eigenvalue weighted by Crippen LogP contribution is -2.25. The standard InChI is InChI=1S/C10H16N2O/c1-7(12)10(13)9-5-3-2-4-8(9)6-11/h2-5,7,10,13H,6,11-12H2,1H3. The number of nitrogens with two attached hydrogens (primary N) is 2. The minimum Gasteiger partial charge on any atom is -0.387 e. The first-order chi connectivity index (χ1) is 6.16. The van der Waals surface area contributed by atoms with Gasteiger partial charge in [0, 0.05) is 12.6 Å². The van der Waals surface area contributed by atoms with E-state index in [-0.39, 0.29) is 6.04 Å². The van der Waals surface area contributed by atoms with Crippen molar-refractivity contribution < 1.29 is 5.11 Å². The summed E-state index contributed by atoms with van der Waals surface area (Å²) in [5, 5.41) is 9.73. The predicted octanol–water partition coefficient (Wildman–Crippen LogP) is 0.526. The highest BCUT2D eigenvalue weighted by atomic mass is 16.3. The van der Waals surface area contributed by atoms with Crippen LogP contribution in [0.25, 0.3) is 0 Å². The van der Waals surface area contributed by atoms with Crippen molar-refractivity contribution in [2.24, 2.45) is 11.5 Å². The van der Waals surface area contributed by atoms with Crippen LogP contribution < -0.4 is 11.5 Å². The van der Waals surface area contributed by atoms with E-state index in [0.717, 1.165) is 11.1 Å². The highest BCUT2D eigenvalue weighted by Gasteiger charge is 2.14. The maximum atomic E-state index is 9.73. The summed E-state index contributed by atoms with van der Waals surface area (Å²) in [6.45, 7) is 2.21. The molecule has 0 aliphatic carbocycles. The molecule has 13 heavy (non-hydrogen) atoms. The zero-order valence-electron chi connectivity index (χ0n) is 7.77. The molecule has 0 amide bonds. The molecule has 0 saturated heterocycles. The van der Waals surface area contributed by atoms with Crippen molar-refractivity contribution in [3.63, 3.8) is 0 Å². The van der Waals surface area contributed by atoms with Gasteiger partial charge in [-0.05, 0) is 18.1 Å². The third kappa shape index (κ3) is 2.28. The number of hydrogen-bond donors (Lipinski definition) is 3. The molecule has 0 bridgehead atoms. The van der Waals surface area contributed by atoms with Gasteiger partial charge >= 0.3 is 0 Å². The Morgan fingerprint density at radius 3 is 2.54 bits per heavy atom. The lowest BCUT2D eigenvalue weighted by atomic mass is 9.98. The summed E-state index contributed by atoms with van der Waals surface area (Å²) in [6.07, 6.45) is -0.625. The van der Waals surface area contributed by atoms with Gasteiger partial charge in [0.2, 0.25) is 0 Å². The molecule has 0 aromatic heterocycles. The van der Waals surface area contributed by atoms with E-state index in [1.807, 2.05) is 24.3 Å². The third-order valence-electron chi connectivity index (χ3n) is 2.09. The highest BCUT2D eigenvalue weighted by molar-refractivity contribution is 5.29. The van der Waals surface area contributed by atoms with Gasteiger partial charge in [0.25, 0.3) is 0 Å². The van der Waals surface area contributed by atoms with Gasteiger partial charge in [0.05, 0.1) is 6.10 Å². The smallest absolute Gasteiger partial charge is 0.0941 e. The molecule has 3 nitrogen and oxygen atoms in total. The first kappa shape index (κ1) is 10.2. The molecule has 2 unspecified atom stereocenters. The quantitative estimate of drug-likeness (QED) is 0.635. The van der Waals surface area contributed by atoms with Crippen molar-refractivity contribution in [1.82, 2.24) is 0 Å². The topological polar surface area (TPSA) is 72.3 Å². The van der Waals surface area contributed by atoms with Crippen molar-refractivity contribution >= 4 is 0 Å². The molecule has 0 fully saturated rings. The SMILES string of the molecule is CC(N)C(O)c1ccccc1CN. The molecule has 1 aromatic carbocycles. The number of rotatable bonds is 3. The Balaban J connectivity index is 2.98. The summed E-state index contributed by atoms with van der Waals surface area (Å²) in [5.74, 6) is 0. The Kier molecular flexibility index (Phi) is 3.42. The second-order valence-electron chi connectivity index (χ2n) is 3.21. The predicted molar refractivity (Wildman–Crippen MR) is 52.9 cm³/mol. The summed E-state index contributed by atoms with van der Waals surface area (Å²) in [5.41, 5.74) is 12.9. The van der Waals surface area contributed by atoms with Crippen molar-refractivity contribution in [2.45, 2.75) is 25.6 Å². The molecule has 2 atom stereocenters. The zero-order valence-corrected chi connectivity index (χ0v) is 7.77. The third-order valence-corrected chi connectivity index (χ3v) is 2.09. The van der Waals surface area contributed by atoms with E-state index < -0.39 is 6.10 Å². The Morgan fingerprint density at radius 2 is 2.00 bits per heavy atom. The molecule has 0 aliphatic rings. The van der Waals surface area contributed by atoms with Gasteiger partial charge < -0.3 is 16.6 Å². The van der Waals surface area contributed by atoms with Gasteiger partial charge in [0.15, 0.2) is 0 Å². The van der Waals surface area contributed by atoms with E-state index in [1.165, 1.54) is 0 Å². The van der Waals surface area contributed by atoms with E-state index in [0.29, 0.717) is 6.54 Å². The average molecular weight is 180 g/mol. The molecule has 0 spiro atoms. The number of benzene rings is 1. The molecular formula is C10H16N2O. The van der Waals surface area contributed by atoms with Crippen LogP contribution in [0.5, 0.6) is 0 Å². The van der Waals surface area contributed by atoms with Gasteiger partial charge in [0.1, 0.15) is 0 Å². The average Bonchev–Trinajstić information content (AvgIpc) is 2.16. The molecule has 72 valence electrons. The fourth-order valence-corrected chi connectivity index (χ4v) is 1.29. The molecule has 1 rings (SSSR count). The summed E-state index contributed by atoms with van der Waals surface area (Å²) in [6, 6.07) is 7.27. The Labute approximate surface area is 78.4 Å². The van der Waals surface area contributed by atoms with E-state index in [2.05, 4.69) is 0 Å². The number of hydrogen-bond acceptors (Lipinski definition) is 3. The first-order valence-electron chi connectivity index (χ1n) is 4.38. The minimum atomic E-state index is -0.625. The number of aliphatic hydroxyl groups is 1. The Hall–Kier alpha value is -0.900. The summed E-state index contributed by atoms with van der Waals surface area (Å²) in [7, 11) is 0. The normalized spacial score (nSPS) is 15.4. The van der Waals surface area contributed by atoms with Crippen LogP contribution in [0.1, 0.15) is 24.2 Å². The van der Waals surface area contributed by atoms with Gasteiger partial charge in [-0.25, -0.2) is 0 Å². The fraction of sp³-hybridized carbons (Fsp3) is 0.400. The van der Waals surface area contributed by atoms with Crippen molar-refractivity contribution in [3.05, 3.63) is 35.4 Å². The molecule has 0 aliphatic heterocycles. The number of aliphatic hydroxyl groups excluding tert-OH is 1. The van der Waals surface area contributed by atoms with Gasteiger partial charge in [-0.15, -0.1) is 0 Å². The summed E-state index contributed by atoms with van der Waals surface area (Å²) < 4.78 is 0. The van der Waals surface area contributed by atoms with E-state index in [9.17, 15) is 5.11 Å². The molecule has 1 aromatic rings. The van der Waals surface area contributed by atoms with Gasteiger partial charge in [-0.1, -0.05) is 24.3 Å². The van der Waals surface area contributed by atoms with Crippen molar-refractivity contribution in [1.29, 1.82) is 0 Å². The highest BCUT2D eigenvalue weighted by Crippen LogP contribution is 2.19. The molecule has 5 N–H and O–H groups in total. The lowest BCUT2D eigenvalue weighted by Gasteiger charge is -2.17. The van der Waals surface area contributed by atoms with Crippen LogP contribution in [-0.4, -0.2) is 11.1 Å². The van der Waals surface area contributed by atoms with Crippen LogP contribution in [0.15, 0.2) is 24.3 Å². The maximum absolute atomic E-state index is 9.73. The van der Waals surface area contributed by atoms with E-state index in [1.54, 1.807) is 6.92 Å². The Morgan fingerprint density at radius 1 is 1.38 bits per heavy atom. The molecule has 0 saturated carbocycles. The van der Waals surface area contributed by atoms with Gasteiger partial charge in [-0.3, -0.25) is 0 Å². The van der Waals surface area contributed by atoms with Crippen LogP contribution in [0.3, 0.4) is 0 Å². The fourth-order valence-electron chi connectivity index (χ4n) is 1.29. The van der Waals surface area contributed by atoms with E-state index >= 15 is 0 Å². The monoisotopic (exact) mass is 180 g/mol. The van der Waals surface area contributed by atoms with Gasteiger partial charge in [-0.2, -0.15) is 0 Å².